The van der Waals surface area contributed by atoms with Gasteiger partial charge in [-0.2, -0.15) is 5.10 Å². The topological polar surface area (TPSA) is 79.4 Å². The van der Waals surface area contributed by atoms with E-state index in [1.54, 1.807) is 0 Å². The van der Waals surface area contributed by atoms with Gasteiger partial charge in [-0.3, -0.25) is 10.1 Å². The fourth-order valence-corrected chi connectivity index (χ4v) is 2.26. The first-order valence-electron chi connectivity index (χ1n) is 7.19. The quantitative estimate of drug-likeness (QED) is 0.302. The Balaban J connectivity index is 2.70. The monoisotopic (exact) mass is 315 g/mol. The van der Waals surface area contributed by atoms with Gasteiger partial charge in [-0.05, 0) is 19.4 Å². The normalized spacial score (nSPS) is 13.2. The van der Waals surface area contributed by atoms with Crippen molar-refractivity contribution >= 4 is 13.8 Å². The van der Waals surface area contributed by atoms with Gasteiger partial charge in [0.1, 0.15) is 12.9 Å². The first kappa shape index (κ1) is 17.6. The SMILES string of the molecule is CC[C@@H](C)Oc1c([N+](=O)[O-])cnn1COCC[Si](C)(C)C. The van der Waals surface area contributed by atoms with E-state index < -0.39 is 13.0 Å². The number of hydrogen-bond acceptors (Lipinski definition) is 5. The lowest BCUT2D eigenvalue weighted by Crippen LogP contribution is -2.22. The molecule has 0 bridgehead atoms. The third-order valence-electron chi connectivity index (χ3n) is 3.07. The zero-order valence-electron chi connectivity index (χ0n) is 13.5. The van der Waals surface area contributed by atoms with E-state index >= 15 is 0 Å². The molecule has 0 saturated heterocycles. The number of nitro groups is 1. The average Bonchev–Trinajstić information content (AvgIpc) is 2.76. The molecule has 1 aromatic heterocycles. The minimum absolute atomic E-state index is 0.110. The third kappa shape index (κ3) is 5.84. The summed E-state index contributed by atoms with van der Waals surface area (Å²) in [6, 6.07) is 1.04. The molecule has 0 aromatic carbocycles. The predicted octanol–water partition coefficient (Wildman–Crippen LogP) is 3.28. The molecule has 0 spiro atoms. The average molecular weight is 315 g/mol. The molecule has 8 heteroatoms. The first-order chi connectivity index (χ1) is 9.74. The fraction of sp³-hybridized carbons (Fsp3) is 0.769. The molecule has 0 amide bonds. The van der Waals surface area contributed by atoms with Crippen LogP contribution in [-0.4, -0.2) is 35.5 Å². The lowest BCUT2D eigenvalue weighted by atomic mass is 10.3. The molecule has 7 nitrogen and oxygen atoms in total. The van der Waals surface area contributed by atoms with Gasteiger partial charge in [-0.25, -0.2) is 4.68 Å². The van der Waals surface area contributed by atoms with E-state index in [4.69, 9.17) is 9.47 Å². The van der Waals surface area contributed by atoms with Crippen LogP contribution in [0.3, 0.4) is 0 Å². The van der Waals surface area contributed by atoms with Crippen LogP contribution in [0.5, 0.6) is 5.88 Å². The highest BCUT2D eigenvalue weighted by Gasteiger charge is 2.24. The smallest absolute Gasteiger partial charge is 0.350 e. The van der Waals surface area contributed by atoms with Crippen LogP contribution < -0.4 is 4.74 Å². The van der Waals surface area contributed by atoms with E-state index in [1.165, 1.54) is 10.9 Å². The summed E-state index contributed by atoms with van der Waals surface area (Å²) in [4.78, 5) is 10.5. The summed E-state index contributed by atoms with van der Waals surface area (Å²) in [5.41, 5.74) is -0.121. The molecule has 0 aliphatic heterocycles. The van der Waals surface area contributed by atoms with Gasteiger partial charge in [0.25, 0.3) is 5.88 Å². The van der Waals surface area contributed by atoms with E-state index in [0.717, 1.165) is 12.5 Å². The Morgan fingerprint density at radius 1 is 1.48 bits per heavy atom. The lowest BCUT2D eigenvalue weighted by molar-refractivity contribution is -0.386. The predicted molar refractivity (Wildman–Crippen MR) is 83.4 cm³/mol. The molecule has 1 rings (SSSR count). The van der Waals surface area contributed by atoms with Crippen molar-refractivity contribution in [2.45, 2.75) is 58.8 Å². The van der Waals surface area contributed by atoms with Crippen LogP contribution in [0.1, 0.15) is 20.3 Å². The molecule has 0 aliphatic rings. The van der Waals surface area contributed by atoms with Crippen molar-refractivity contribution in [1.82, 2.24) is 9.78 Å². The van der Waals surface area contributed by atoms with Crippen molar-refractivity contribution < 1.29 is 14.4 Å². The second-order valence-corrected chi connectivity index (χ2v) is 11.9. The summed E-state index contributed by atoms with van der Waals surface area (Å²) >= 11 is 0. The summed E-state index contributed by atoms with van der Waals surface area (Å²) in [7, 11) is -1.15. The highest BCUT2D eigenvalue weighted by atomic mass is 28.3. The first-order valence-corrected chi connectivity index (χ1v) is 10.9. The summed E-state index contributed by atoms with van der Waals surface area (Å²) in [5.74, 6) is 0.169. The lowest BCUT2D eigenvalue weighted by Gasteiger charge is -2.16. The number of ether oxygens (including phenoxy) is 2. The molecule has 0 aliphatic carbocycles. The van der Waals surface area contributed by atoms with E-state index in [0.29, 0.717) is 6.61 Å². The molecule has 0 unspecified atom stereocenters. The molecule has 120 valence electrons. The van der Waals surface area contributed by atoms with Crippen molar-refractivity contribution in [3.8, 4) is 5.88 Å². The zero-order valence-corrected chi connectivity index (χ0v) is 14.5. The molecule has 0 N–H and O–H groups in total. The van der Waals surface area contributed by atoms with Crippen molar-refractivity contribution in [3.63, 3.8) is 0 Å². The number of aromatic nitrogens is 2. The fourth-order valence-electron chi connectivity index (χ4n) is 1.51. The Labute approximate surface area is 126 Å². The van der Waals surface area contributed by atoms with Crippen molar-refractivity contribution in [1.29, 1.82) is 0 Å². The highest BCUT2D eigenvalue weighted by molar-refractivity contribution is 6.76. The maximum atomic E-state index is 11.0. The van der Waals surface area contributed by atoms with Gasteiger partial charge < -0.3 is 9.47 Å². The zero-order chi connectivity index (χ0) is 16.0. The van der Waals surface area contributed by atoms with Gasteiger partial charge in [0.05, 0.1) is 11.0 Å². The molecular weight excluding hydrogens is 290 g/mol. The van der Waals surface area contributed by atoms with Crippen molar-refractivity contribution in [2.75, 3.05) is 6.61 Å². The highest BCUT2D eigenvalue weighted by Crippen LogP contribution is 2.27. The van der Waals surface area contributed by atoms with Crippen molar-refractivity contribution in [3.05, 3.63) is 16.3 Å². The second kappa shape index (κ2) is 7.55. The Kier molecular flexibility index (Phi) is 6.34. The third-order valence-corrected chi connectivity index (χ3v) is 4.77. The van der Waals surface area contributed by atoms with Gasteiger partial charge in [0.15, 0.2) is 0 Å². The van der Waals surface area contributed by atoms with Crippen LogP contribution in [0.2, 0.25) is 25.7 Å². The Morgan fingerprint density at radius 2 is 2.14 bits per heavy atom. The van der Waals surface area contributed by atoms with Crippen molar-refractivity contribution in [2.24, 2.45) is 0 Å². The molecule has 0 fully saturated rings. The van der Waals surface area contributed by atoms with Crippen LogP contribution in [0.25, 0.3) is 0 Å². The number of rotatable bonds is 9. The van der Waals surface area contributed by atoms with E-state index in [2.05, 4.69) is 24.7 Å². The van der Waals surface area contributed by atoms with Crippen LogP contribution in [0.15, 0.2) is 6.20 Å². The number of hydrogen-bond donors (Lipinski definition) is 0. The van der Waals surface area contributed by atoms with Gasteiger partial charge in [0.2, 0.25) is 0 Å². The molecule has 1 aromatic rings. The summed E-state index contributed by atoms with van der Waals surface area (Å²) in [6.07, 6.45) is 1.86. The molecule has 21 heavy (non-hydrogen) atoms. The largest absolute Gasteiger partial charge is 0.470 e. The number of nitrogens with zero attached hydrogens (tertiary/aromatic N) is 3. The van der Waals surface area contributed by atoms with Crippen LogP contribution in [0.4, 0.5) is 5.69 Å². The van der Waals surface area contributed by atoms with E-state index in [-0.39, 0.29) is 24.4 Å². The van der Waals surface area contributed by atoms with Gasteiger partial charge in [-0.1, -0.05) is 26.6 Å². The van der Waals surface area contributed by atoms with Crippen LogP contribution in [-0.2, 0) is 11.5 Å². The summed E-state index contributed by atoms with van der Waals surface area (Å²) in [5, 5.41) is 15.0. The van der Waals surface area contributed by atoms with Gasteiger partial charge in [0, 0.05) is 14.7 Å². The minimum atomic E-state index is -1.15. The Hall–Kier alpha value is -1.41. The van der Waals surface area contributed by atoms with Crippen LogP contribution >= 0.6 is 0 Å². The summed E-state index contributed by atoms with van der Waals surface area (Å²) in [6.45, 7) is 11.4. The second-order valence-electron chi connectivity index (χ2n) is 6.28. The van der Waals surface area contributed by atoms with Crippen LogP contribution in [0, 0.1) is 10.1 Å². The van der Waals surface area contributed by atoms with E-state index in [1.807, 2.05) is 13.8 Å². The van der Waals surface area contributed by atoms with Gasteiger partial charge in [-0.15, -0.1) is 0 Å². The summed E-state index contributed by atoms with van der Waals surface area (Å²) < 4.78 is 12.6. The standard InChI is InChI=1S/C13H25N3O4Si/c1-6-11(2)20-13-12(16(17)18)9-14-15(13)10-19-7-8-21(3,4)5/h9,11H,6-8,10H2,1-5H3/t11-/m1/s1. The van der Waals surface area contributed by atoms with Gasteiger partial charge >= 0.3 is 5.69 Å². The molecule has 0 radical (unpaired) electrons. The minimum Gasteiger partial charge on any atom is -0.470 e. The molecule has 1 heterocycles. The molecular formula is C13H25N3O4Si. The Morgan fingerprint density at radius 3 is 2.67 bits per heavy atom. The van der Waals surface area contributed by atoms with E-state index in [9.17, 15) is 10.1 Å². The Bertz CT molecular complexity index is 470. The maximum absolute atomic E-state index is 11.0. The molecule has 1 atom stereocenters. The maximum Gasteiger partial charge on any atom is 0.350 e. The molecule has 0 saturated carbocycles.